The third-order valence-electron chi connectivity index (χ3n) is 2.25. The standard InChI is InChI=1S/C10H11ClF3NO2.ClH/c11-5-1-2-7(16)6(3-5)8(17)4-9(15)10(12,13)14;/h1-3,8-9,16-17H,4,15H2;1H/t8-,9-;/m0./s1. The Kier molecular flexibility index (Phi) is 6.22. The Morgan fingerprint density at radius 3 is 2.39 bits per heavy atom. The van der Waals surface area contributed by atoms with Crippen LogP contribution in [-0.2, 0) is 0 Å². The molecule has 0 aliphatic rings. The van der Waals surface area contributed by atoms with E-state index < -0.39 is 24.7 Å². The highest BCUT2D eigenvalue weighted by Gasteiger charge is 2.38. The van der Waals surface area contributed by atoms with Crippen molar-refractivity contribution in [2.24, 2.45) is 5.73 Å². The van der Waals surface area contributed by atoms with Crippen LogP contribution < -0.4 is 5.73 Å². The fourth-order valence-electron chi connectivity index (χ4n) is 1.29. The van der Waals surface area contributed by atoms with Gasteiger partial charge in [0.2, 0.25) is 0 Å². The molecule has 2 atom stereocenters. The average molecular weight is 306 g/mol. The minimum absolute atomic E-state index is 0. The van der Waals surface area contributed by atoms with Crippen molar-refractivity contribution >= 4 is 24.0 Å². The van der Waals surface area contributed by atoms with Gasteiger partial charge in [0.1, 0.15) is 11.8 Å². The maximum Gasteiger partial charge on any atom is 0.403 e. The Bertz CT molecular complexity index is 401. The molecule has 0 bridgehead atoms. The van der Waals surface area contributed by atoms with Crippen LogP contribution in [-0.4, -0.2) is 22.4 Å². The number of phenolic OH excluding ortho intramolecular Hbond substituents is 1. The molecule has 0 radical (unpaired) electrons. The average Bonchev–Trinajstić information content (AvgIpc) is 2.20. The fraction of sp³-hybridized carbons (Fsp3) is 0.400. The topological polar surface area (TPSA) is 66.5 Å². The molecule has 1 aromatic carbocycles. The molecule has 0 aromatic heterocycles. The summed E-state index contributed by atoms with van der Waals surface area (Å²) in [4.78, 5) is 0. The number of aliphatic hydroxyl groups is 1. The van der Waals surface area contributed by atoms with Gasteiger partial charge in [0.05, 0.1) is 6.10 Å². The van der Waals surface area contributed by atoms with E-state index in [1.807, 2.05) is 0 Å². The molecule has 1 rings (SSSR count). The molecule has 0 heterocycles. The number of phenols is 1. The van der Waals surface area contributed by atoms with E-state index >= 15 is 0 Å². The molecule has 0 saturated heterocycles. The van der Waals surface area contributed by atoms with Gasteiger partial charge in [-0.2, -0.15) is 13.2 Å². The summed E-state index contributed by atoms with van der Waals surface area (Å²) in [5.74, 6) is -0.323. The monoisotopic (exact) mass is 305 g/mol. The van der Waals surface area contributed by atoms with Crippen molar-refractivity contribution in [3.63, 3.8) is 0 Å². The third kappa shape index (κ3) is 4.53. The van der Waals surface area contributed by atoms with Crippen LogP contribution in [0.4, 0.5) is 13.2 Å². The van der Waals surface area contributed by atoms with E-state index in [1.54, 1.807) is 0 Å². The maximum atomic E-state index is 12.2. The third-order valence-corrected chi connectivity index (χ3v) is 2.48. The van der Waals surface area contributed by atoms with Gasteiger partial charge in [-0.25, -0.2) is 0 Å². The van der Waals surface area contributed by atoms with E-state index in [-0.39, 0.29) is 28.7 Å². The van der Waals surface area contributed by atoms with Crippen LogP contribution in [0.15, 0.2) is 18.2 Å². The molecule has 18 heavy (non-hydrogen) atoms. The summed E-state index contributed by atoms with van der Waals surface area (Å²) in [5, 5.41) is 19.1. The van der Waals surface area contributed by atoms with E-state index in [4.69, 9.17) is 17.3 Å². The predicted octanol–water partition coefficient (Wildman–Crippen LogP) is 2.78. The first kappa shape index (κ1) is 17.3. The number of halogens is 5. The van der Waals surface area contributed by atoms with Crippen molar-refractivity contribution < 1.29 is 23.4 Å². The van der Waals surface area contributed by atoms with E-state index in [0.29, 0.717) is 0 Å². The Balaban J connectivity index is 0.00000289. The van der Waals surface area contributed by atoms with Gasteiger partial charge >= 0.3 is 6.18 Å². The molecule has 1 aromatic rings. The zero-order valence-corrected chi connectivity index (χ0v) is 10.6. The Labute approximate surface area is 113 Å². The molecule has 0 unspecified atom stereocenters. The lowest BCUT2D eigenvalue weighted by molar-refractivity contribution is -0.153. The number of aliphatic hydroxyl groups excluding tert-OH is 1. The summed E-state index contributed by atoms with van der Waals surface area (Å²) in [6, 6.07) is 1.59. The molecule has 104 valence electrons. The lowest BCUT2D eigenvalue weighted by Crippen LogP contribution is -2.38. The summed E-state index contributed by atoms with van der Waals surface area (Å²) in [6.07, 6.45) is -6.85. The van der Waals surface area contributed by atoms with Gasteiger partial charge < -0.3 is 15.9 Å². The van der Waals surface area contributed by atoms with Gasteiger partial charge in [0.25, 0.3) is 0 Å². The summed E-state index contributed by atoms with van der Waals surface area (Å²) < 4.78 is 36.5. The minimum Gasteiger partial charge on any atom is -0.508 e. The van der Waals surface area contributed by atoms with Crippen LogP contribution in [0.1, 0.15) is 18.1 Å². The van der Waals surface area contributed by atoms with Crippen molar-refractivity contribution in [3.8, 4) is 5.75 Å². The number of aromatic hydroxyl groups is 1. The van der Waals surface area contributed by atoms with Crippen molar-refractivity contribution in [2.45, 2.75) is 24.7 Å². The summed E-state index contributed by atoms with van der Waals surface area (Å²) in [6.45, 7) is 0. The highest BCUT2D eigenvalue weighted by Crippen LogP contribution is 2.32. The SMILES string of the molecule is Cl.N[C@@H](C[C@H](O)c1cc(Cl)ccc1O)C(F)(F)F. The number of hydrogen-bond acceptors (Lipinski definition) is 3. The summed E-state index contributed by atoms with van der Waals surface area (Å²) in [7, 11) is 0. The lowest BCUT2D eigenvalue weighted by Gasteiger charge is -2.19. The van der Waals surface area contributed by atoms with Gasteiger partial charge in [-0.1, -0.05) is 11.6 Å². The molecular weight excluding hydrogens is 294 g/mol. The molecule has 4 N–H and O–H groups in total. The number of nitrogens with two attached hydrogens (primary N) is 1. The van der Waals surface area contributed by atoms with Crippen molar-refractivity contribution in [3.05, 3.63) is 28.8 Å². The van der Waals surface area contributed by atoms with Crippen molar-refractivity contribution in [1.82, 2.24) is 0 Å². The largest absolute Gasteiger partial charge is 0.508 e. The molecule has 8 heteroatoms. The Hall–Kier alpha value is -0.690. The molecular formula is C10H12Cl2F3NO2. The molecule has 0 fully saturated rings. The predicted molar refractivity (Wildman–Crippen MR) is 64.0 cm³/mol. The van der Waals surface area contributed by atoms with E-state index in [1.165, 1.54) is 18.2 Å². The second kappa shape index (κ2) is 6.47. The molecule has 0 aliphatic heterocycles. The maximum absolute atomic E-state index is 12.2. The minimum atomic E-state index is -4.59. The molecule has 0 spiro atoms. The van der Waals surface area contributed by atoms with Gasteiger partial charge in [-0.05, 0) is 18.2 Å². The quantitative estimate of drug-likeness (QED) is 0.804. The van der Waals surface area contributed by atoms with Crippen LogP contribution in [0.5, 0.6) is 5.75 Å². The molecule has 0 saturated carbocycles. The highest BCUT2D eigenvalue weighted by molar-refractivity contribution is 6.30. The Morgan fingerprint density at radius 1 is 1.33 bits per heavy atom. The normalized spacial score (nSPS) is 14.8. The van der Waals surface area contributed by atoms with Crippen LogP contribution in [0, 0.1) is 0 Å². The summed E-state index contributed by atoms with van der Waals surface area (Å²) >= 11 is 5.61. The zero-order valence-electron chi connectivity index (χ0n) is 8.99. The van der Waals surface area contributed by atoms with Crippen LogP contribution >= 0.6 is 24.0 Å². The zero-order chi connectivity index (χ0) is 13.2. The number of rotatable bonds is 3. The number of hydrogen-bond donors (Lipinski definition) is 3. The van der Waals surface area contributed by atoms with E-state index in [9.17, 15) is 23.4 Å². The Morgan fingerprint density at radius 2 is 1.89 bits per heavy atom. The number of benzene rings is 1. The smallest absolute Gasteiger partial charge is 0.403 e. The molecule has 0 amide bonds. The van der Waals surface area contributed by atoms with Gasteiger partial charge in [0.15, 0.2) is 0 Å². The summed E-state index contributed by atoms with van der Waals surface area (Å²) in [5.41, 5.74) is 4.81. The first-order valence-corrected chi connectivity index (χ1v) is 5.08. The lowest BCUT2D eigenvalue weighted by atomic mass is 10.0. The van der Waals surface area contributed by atoms with E-state index in [2.05, 4.69) is 0 Å². The van der Waals surface area contributed by atoms with E-state index in [0.717, 1.165) is 0 Å². The van der Waals surface area contributed by atoms with Crippen LogP contribution in [0.3, 0.4) is 0 Å². The first-order valence-electron chi connectivity index (χ1n) is 4.70. The van der Waals surface area contributed by atoms with Gasteiger partial charge in [-0.3, -0.25) is 0 Å². The molecule has 0 aliphatic carbocycles. The second-order valence-corrected chi connectivity index (χ2v) is 4.04. The van der Waals surface area contributed by atoms with Gasteiger partial charge in [0, 0.05) is 17.0 Å². The fourth-order valence-corrected chi connectivity index (χ4v) is 1.47. The number of alkyl halides is 3. The van der Waals surface area contributed by atoms with Crippen molar-refractivity contribution in [2.75, 3.05) is 0 Å². The first-order chi connectivity index (χ1) is 7.71. The van der Waals surface area contributed by atoms with Crippen LogP contribution in [0.2, 0.25) is 5.02 Å². The molecule has 3 nitrogen and oxygen atoms in total. The van der Waals surface area contributed by atoms with Crippen LogP contribution in [0.25, 0.3) is 0 Å². The highest BCUT2D eigenvalue weighted by atomic mass is 35.5. The van der Waals surface area contributed by atoms with Gasteiger partial charge in [-0.15, -0.1) is 12.4 Å². The van der Waals surface area contributed by atoms with Crippen molar-refractivity contribution in [1.29, 1.82) is 0 Å². The second-order valence-electron chi connectivity index (χ2n) is 3.60.